The van der Waals surface area contributed by atoms with Gasteiger partial charge in [0.15, 0.2) is 0 Å². The molecule has 0 spiro atoms. The molecule has 1 N–H and O–H groups in total. The van der Waals surface area contributed by atoms with Crippen molar-refractivity contribution in [1.82, 2.24) is 5.43 Å². The van der Waals surface area contributed by atoms with Crippen molar-refractivity contribution in [3.8, 4) is 0 Å². The van der Waals surface area contributed by atoms with E-state index >= 15 is 0 Å². The van der Waals surface area contributed by atoms with E-state index in [1.807, 2.05) is 6.21 Å². The summed E-state index contributed by atoms with van der Waals surface area (Å²) in [6.45, 7) is 5.56. The van der Waals surface area contributed by atoms with Gasteiger partial charge in [-0.1, -0.05) is 13.8 Å². The number of nitrogens with zero attached hydrogens (tertiary/aromatic N) is 1. The van der Waals surface area contributed by atoms with Crippen LogP contribution in [0.2, 0.25) is 0 Å². The van der Waals surface area contributed by atoms with Gasteiger partial charge in [0, 0.05) is 12.8 Å². The first-order valence-corrected chi connectivity index (χ1v) is 3.55. The molecule has 0 saturated heterocycles. The second kappa shape index (κ2) is 2.85. The minimum absolute atomic E-state index is 0.782. The molecule has 1 unspecified atom stereocenters. The lowest BCUT2D eigenvalue weighted by Gasteiger charge is -2.21. The molecule has 2 heteroatoms. The molecular formula is C7H14N2. The zero-order chi connectivity index (χ0) is 6.69. The van der Waals surface area contributed by atoms with Crippen LogP contribution in [0.25, 0.3) is 0 Å². The molecule has 0 bridgehead atoms. The van der Waals surface area contributed by atoms with Gasteiger partial charge in [-0.05, 0) is 18.3 Å². The predicted octanol–water partition coefficient (Wildman–Crippen LogP) is 1.24. The van der Waals surface area contributed by atoms with Gasteiger partial charge in [-0.3, -0.25) is 0 Å². The molecule has 0 aromatic heterocycles. The zero-order valence-electron chi connectivity index (χ0n) is 6.09. The Labute approximate surface area is 56.3 Å². The van der Waals surface area contributed by atoms with Gasteiger partial charge >= 0.3 is 0 Å². The molecule has 1 atom stereocenters. The molecule has 52 valence electrons. The van der Waals surface area contributed by atoms with E-state index < -0.39 is 0 Å². The molecule has 0 fully saturated rings. The minimum Gasteiger partial charge on any atom is -0.310 e. The summed E-state index contributed by atoms with van der Waals surface area (Å²) >= 11 is 0. The molecule has 0 aromatic carbocycles. The molecule has 9 heavy (non-hydrogen) atoms. The molecule has 0 radical (unpaired) electrons. The highest BCUT2D eigenvalue weighted by molar-refractivity contribution is 5.57. The number of nitrogens with one attached hydrogen (secondary N) is 1. The summed E-state index contributed by atoms with van der Waals surface area (Å²) < 4.78 is 0. The van der Waals surface area contributed by atoms with Crippen LogP contribution in [0.3, 0.4) is 0 Å². The number of rotatable bonds is 1. The Bertz CT molecular complexity index is 107. The van der Waals surface area contributed by atoms with Crippen LogP contribution >= 0.6 is 0 Å². The van der Waals surface area contributed by atoms with Gasteiger partial charge in [0.1, 0.15) is 0 Å². The lowest BCUT2D eigenvalue weighted by atomic mass is 9.93. The lowest BCUT2D eigenvalue weighted by Crippen LogP contribution is -2.26. The van der Waals surface area contributed by atoms with Crippen LogP contribution in [0.15, 0.2) is 5.10 Å². The van der Waals surface area contributed by atoms with E-state index in [0.717, 1.165) is 24.8 Å². The van der Waals surface area contributed by atoms with Crippen LogP contribution in [0.1, 0.15) is 20.3 Å². The Morgan fingerprint density at radius 1 is 1.67 bits per heavy atom. The van der Waals surface area contributed by atoms with Crippen molar-refractivity contribution >= 4 is 6.21 Å². The maximum Gasteiger partial charge on any atom is 0.0363 e. The molecule has 1 aliphatic rings. The van der Waals surface area contributed by atoms with Gasteiger partial charge in [0.25, 0.3) is 0 Å². The Hall–Kier alpha value is -0.530. The molecule has 0 aliphatic carbocycles. The third-order valence-electron chi connectivity index (χ3n) is 1.89. The summed E-state index contributed by atoms with van der Waals surface area (Å²) in [5, 5.41) is 3.93. The van der Waals surface area contributed by atoms with Crippen molar-refractivity contribution < 1.29 is 0 Å². The third kappa shape index (κ3) is 1.70. The Kier molecular flexibility index (Phi) is 2.09. The molecule has 2 nitrogen and oxygen atoms in total. The van der Waals surface area contributed by atoms with E-state index in [1.165, 1.54) is 0 Å². The van der Waals surface area contributed by atoms with Gasteiger partial charge in [0.2, 0.25) is 0 Å². The van der Waals surface area contributed by atoms with Gasteiger partial charge in [-0.25, -0.2) is 0 Å². The lowest BCUT2D eigenvalue weighted by molar-refractivity contribution is 0.367. The maximum atomic E-state index is 3.93. The van der Waals surface area contributed by atoms with Gasteiger partial charge < -0.3 is 5.43 Å². The van der Waals surface area contributed by atoms with Crippen LogP contribution in [-0.4, -0.2) is 12.8 Å². The quantitative estimate of drug-likeness (QED) is 0.561. The first-order valence-electron chi connectivity index (χ1n) is 3.55. The van der Waals surface area contributed by atoms with Crippen LogP contribution < -0.4 is 5.43 Å². The van der Waals surface area contributed by atoms with Crippen LogP contribution in [0.4, 0.5) is 0 Å². The van der Waals surface area contributed by atoms with Crippen molar-refractivity contribution in [2.45, 2.75) is 20.3 Å². The highest BCUT2D eigenvalue weighted by Gasteiger charge is 2.13. The first kappa shape index (κ1) is 6.59. The monoisotopic (exact) mass is 126 g/mol. The van der Waals surface area contributed by atoms with E-state index in [0.29, 0.717) is 0 Å². The van der Waals surface area contributed by atoms with Gasteiger partial charge in [-0.15, -0.1) is 0 Å². The third-order valence-corrected chi connectivity index (χ3v) is 1.89. The normalized spacial score (nSPS) is 26.3. The van der Waals surface area contributed by atoms with Crippen LogP contribution in [-0.2, 0) is 0 Å². The highest BCUT2D eigenvalue weighted by atomic mass is 15.3. The number of hydrazone groups is 1. The molecule has 0 saturated carbocycles. The van der Waals surface area contributed by atoms with Crippen molar-refractivity contribution in [2.75, 3.05) is 6.54 Å². The number of hydrogen-bond acceptors (Lipinski definition) is 2. The summed E-state index contributed by atoms with van der Waals surface area (Å²) in [5.41, 5.74) is 2.99. The van der Waals surface area contributed by atoms with E-state index in [9.17, 15) is 0 Å². The summed E-state index contributed by atoms with van der Waals surface area (Å²) in [4.78, 5) is 0. The highest BCUT2D eigenvalue weighted by Crippen LogP contribution is 2.14. The van der Waals surface area contributed by atoms with Crippen molar-refractivity contribution in [3.63, 3.8) is 0 Å². The molecule has 1 aliphatic heterocycles. The summed E-state index contributed by atoms with van der Waals surface area (Å²) in [6, 6.07) is 0. The second-order valence-corrected chi connectivity index (χ2v) is 2.91. The predicted molar refractivity (Wildman–Crippen MR) is 39.4 cm³/mol. The first-order chi connectivity index (χ1) is 4.30. The van der Waals surface area contributed by atoms with Gasteiger partial charge in [-0.2, -0.15) is 5.10 Å². The molecule has 1 rings (SSSR count). The van der Waals surface area contributed by atoms with E-state index in [2.05, 4.69) is 24.4 Å². The topological polar surface area (TPSA) is 24.4 Å². The fourth-order valence-corrected chi connectivity index (χ4v) is 1.01. The Balaban J connectivity index is 2.35. The zero-order valence-corrected chi connectivity index (χ0v) is 6.09. The summed E-state index contributed by atoms with van der Waals surface area (Å²) in [6.07, 6.45) is 3.11. The van der Waals surface area contributed by atoms with Crippen molar-refractivity contribution in [2.24, 2.45) is 16.9 Å². The second-order valence-electron chi connectivity index (χ2n) is 2.91. The SMILES string of the molecule is CC(C)C1CC=NNC1. The largest absolute Gasteiger partial charge is 0.310 e. The van der Waals surface area contributed by atoms with E-state index in [4.69, 9.17) is 0 Å². The van der Waals surface area contributed by atoms with E-state index in [-0.39, 0.29) is 0 Å². The van der Waals surface area contributed by atoms with E-state index in [1.54, 1.807) is 0 Å². The molecule has 0 amide bonds. The fraction of sp³-hybridized carbons (Fsp3) is 0.857. The molecular weight excluding hydrogens is 112 g/mol. The Morgan fingerprint density at radius 3 is 2.78 bits per heavy atom. The molecule has 1 heterocycles. The van der Waals surface area contributed by atoms with Gasteiger partial charge in [0.05, 0.1) is 0 Å². The summed E-state index contributed by atoms with van der Waals surface area (Å²) in [5.74, 6) is 1.58. The average molecular weight is 126 g/mol. The summed E-state index contributed by atoms with van der Waals surface area (Å²) in [7, 11) is 0. The average Bonchev–Trinajstić information content (AvgIpc) is 1.90. The van der Waals surface area contributed by atoms with Crippen LogP contribution in [0.5, 0.6) is 0 Å². The Morgan fingerprint density at radius 2 is 2.44 bits per heavy atom. The smallest absolute Gasteiger partial charge is 0.0363 e. The standard InChI is InChI=1S/C7H14N2/c1-6(2)7-3-4-8-9-5-7/h4,6-7,9H,3,5H2,1-2H3. The fourth-order valence-electron chi connectivity index (χ4n) is 1.01. The molecule has 0 aromatic rings. The maximum absolute atomic E-state index is 3.93. The van der Waals surface area contributed by atoms with Crippen molar-refractivity contribution in [3.05, 3.63) is 0 Å². The van der Waals surface area contributed by atoms with Crippen molar-refractivity contribution in [1.29, 1.82) is 0 Å². The number of hydrogen-bond donors (Lipinski definition) is 1. The minimum atomic E-state index is 0.782. The van der Waals surface area contributed by atoms with Crippen LogP contribution in [0, 0.1) is 11.8 Å².